The summed E-state index contributed by atoms with van der Waals surface area (Å²) in [6, 6.07) is 20.5. The van der Waals surface area contributed by atoms with Crippen LogP contribution < -0.4 is 9.80 Å². The van der Waals surface area contributed by atoms with Gasteiger partial charge in [-0.3, -0.25) is 0 Å². The van der Waals surface area contributed by atoms with E-state index in [9.17, 15) is 13.2 Å². The van der Waals surface area contributed by atoms with Gasteiger partial charge in [-0.25, -0.2) is 0 Å². The van der Waals surface area contributed by atoms with Crippen LogP contribution in [-0.4, -0.2) is 26.2 Å². The lowest BCUT2D eigenvalue weighted by atomic mass is 10.1. The molecule has 0 aromatic heterocycles. The molecule has 1 aliphatic rings. The summed E-state index contributed by atoms with van der Waals surface area (Å²) >= 11 is 0. The van der Waals surface area contributed by atoms with Gasteiger partial charge in [0.1, 0.15) is 6.54 Å². The largest absolute Gasteiger partial charge is 0.416 e. The zero-order chi connectivity index (χ0) is 18.9. The molecule has 27 heavy (non-hydrogen) atoms. The van der Waals surface area contributed by atoms with E-state index in [4.69, 9.17) is 0 Å². The van der Waals surface area contributed by atoms with E-state index in [2.05, 4.69) is 35.2 Å². The minimum Gasteiger partial charge on any atom is -0.360 e. The number of fused-ring (bicyclic) bond motifs is 1. The monoisotopic (exact) mass is 371 g/mol. The first-order valence-corrected chi connectivity index (χ1v) is 9.22. The maximum Gasteiger partial charge on any atom is 0.416 e. The molecule has 0 radical (unpaired) electrons. The Morgan fingerprint density at radius 3 is 2.30 bits per heavy atom. The summed E-state index contributed by atoms with van der Waals surface area (Å²) < 4.78 is 38.8. The van der Waals surface area contributed by atoms with E-state index in [1.165, 1.54) is 33.4 Å². The van der Waals surface area contributed by atoms with Crippen LogP contribution in [0.4, 0.5) is 18.9 Å². The molecular formula is C22H22F3N2+. The van der Waals surface area contributed by atoms with Crippen LogP contribution >= 0.6 is 0 Å². The maximum atomic E-state index is 12.9. The maximum absolute atomic E-state index is 12.9. The Labute approximate surface area is 156 Å². The predicted molar refractivity (Wildman–Crippen MR) is 102 cm³/mol. The molecular weight excluding hydrogens is 349 g/mol. The quantitative estimate of drug-likeness (QED) is 0.737. The van der Waals surface area contributed by atoms with E-state index in [0.717, 1.165) is 38.8 Å². The molecule has 1 saturated heterocycles. The van der Waals surface area contributed by atoms with Crippen LogP contribution in [0, 0.1) is 0 Å². The molecule has 0 aliphatic carbocycles. The zero-order valence-electron chi connectivity index (χ0n) is 15.0. The van der Waals surface area contributed by atoms with Crippen molar-refractivity contribution < 1.29 is 18.1 Å². The molecule has 140 valence electrons. The van der Waals surface area contributed by atoms with Crippen molar-refractivity contribution >= 4 is 16.5 Å². The van der Waals surface area contributed by atoms with Crippen molar-refractivity contribution in [2.45, 2.75) is 12.7 Å². The van der Waals surface area contributed by atoms with Crippen LogP contribution in [0.3, 0.4) is 0 Å². The lowest BCUT2D eigenvalue weighted by molar-refractivity contribution is -0.914. The summed E-state index contributed by atoms with van der Waals surface area (Å²) in [6.07, 6.45) is -4.29. The molecule has 0 atom stereocenters. The van der Waals surface area contributed by atoms with Gasteiger partial charge in [-0.1, -0.05) is 42.5 Å². The summed E-state index contributed by atoms with van der Waals surface area (Å²) in [7, 11) is 0. The highest BCUT2D eigenvalue weighted by molar-refractivity contribution is 5.82. The van der Waals surface area contributed by atoms with Gasteiger partial charge in [0.15, 0.2) is 0 Å². The first-order chi connectivity index (χ1) is 13.0. The van der Waals surface area contributed by atoms with Crippen LogP contribution in [0.1, 0.15) is 11.1 Å². The average Bonchev–Trinajstić information content (AvgIpc) is 2.68. The molecule has 5 heteroatoms. The third-order valence-corrected chi connectivity index (χ3v) is 5.28. The first-order valence-electron chi connectivity index (χ1n) is 9.22. The highest BCUT2D eigenvalue weighted by Gasteiger charge is 2.31. The van der Waals surface area contributed by atoms with E-state index < -0.39 is 11.7 Å². The molecule has 3 aromatic carbocycles. The second-order valence-electron chi connectivity index (χ2n) is 7.14. The molecule has 0 unspecified atom stereocenters. The van der Waals surface area contributed by atoms with Crippen molar-refractivity contribution in [3.8, 4) is 0 Å². The van der Waals surface area contributed by atoms with Crippen LogP contribution in [0.15, 0.2) is 66.7 Å². The van der Waals surface area contributed by atoms with Gasteiger partial charge in [-0.2, -0.15) is 13.2 Å². The van der Waals surface area contributed by atoms with Crippen LogP contribution in [0.2, 0.25) is 0 Å². The lowest BCUT2D eigenvalue weighted by Crippen LogP contribution is -3.13. The highest BCUT2D eigenvalue weighted by Crippen LogP contribution is 2.31. The highest BCUT2D eigenvalue weighted by atomic mass is 19.4. The van der Waals surface area contributed by atoms with Gasteiger partial charge in [0.2, 0.25) is 0 Å². The molecule has 1 heterocycles. The number of quaternary nitrogens is 1. The van der Waals surface area contributed by atoms with E-state index in [-0.39, 0.29) is 0 Å². The molecule has 0 saturated carbocycles. The SMILES string of the molecule is FC(F)(F)c1cccc(N2CC[NH+](Cc3ccc4ccccc4c3)CC2)c1. The molecule has 0 bridgehead atoms. The van der Waals surface area contributed by atoms with Gasteiger partial charge in [-0.05, 0) is 35.0 Å². The van der Waals surface area contributed by atoms with Gasteiger partial charge >= 0.3 is 6.18 Å². The van der Waals surface area contributed by atoms with E-state index >= 15 is 0 Å². The van der Waals surface area contributed by atoms with E-state index in [1.54, 1.807) is 6.07 Å². The van der Waals surface area contributed by atoms with Crippen molar-refractivity contribution in [1.82, 2.24) is 0 Å². The number of benzene rings is 3. The third kappa shape index (κ3) is 4.08. The number of rotatable bonds is 3. The number of piperazine rings is 1. The second kappa shape index (κ2) is 7.24. The van der Waals surface area contributed by atoms with Crippen molar-refractivity contribution in [2.75, 3.05) is 31.1 Å². The Morgan fingerprint density at radius 2 is 1.56 bits per heavy atom. The number of nitrogens with zero attached hydrogens (tertiary/aromatic N) is 1. The van der Waals surface area contributed by atoms with Crippen molar-refractivity contribution in [2.24, 2.45) is 0 Å². The number of hydrogen-bond donors (Lipinski definition) is 1. The predicted octanol–water partition coefficient (Wildman–Crippen LogP) is 3.76. The molecule has 0 spiro atoms. The molecule has 1 N–H and O–H groups in total. The molecule has 1 fully saturated rings. The summed E-state index contributed by atoms with van der Waals surface area (Å²) in [6.45, 7) is 4.32. The summed E-state index contributed by atoms with van der Waals surface area (Å²) in [5.74, 6) is 0. The summed E-state index contributed by atoms with van der Waals surface area (Å²) in [5.41, 5.74) is 1.39. The topological polar surface area (TPSA) is 7.68 Å². The standard InChI is InChI=1S/C22H21F3N2/c23-22(24,25)20-6-3-7-21(15-20)27-12-10-26(11-13-27)16-17-8-9-18-4-1-2-5-19(18)14-17/h1-9,14-15H,10-13,16H2/p+1. The number of alkyl halides is 3. The first kappa shape index (κ1) is 17.9. The molecule has 0 amide bonds. The normalized spacial score (nSPS) is 16.0. The summed E-state index contributed by atoms with van der Waals surface area (Å²) in [5, 5.41) is 2.49. The molecule has 1 aliphatic heterocycles. The molecule has 2 nitrogen and oxygen atoms in total. The fourth-order valence-electron chi connectivity index (χ4n) is 3.77. The number of nitrogens with one attached hydrogen (secondary N) is 1. The third-order valence-electron chi connectivity index (χ3n) is 5.28. The average molecular weight is 371 g/mol. The number of halogens is 3. The van der Waals surface area contributed by atoms with Gasteiger partial charge < -0.3 is 9.80 Å². The van der Waals surface area contributed by atoms with Gasteiger partial charge in [0.05, 0.1) is 31.7 Å². The van der Waals surface area contributed by atoms with E-state index in [0.29, 0.717) is 5.69 Å². The fraction of sp³-hybridized carbons (Fsp3) is 0.273. The lowest BCUT2D eigenvalue weighted by Gasteiger charge is -2.34. The van der Waals surface area contributed by atoms with Crippen molar-refractivity contribution in [1.29, 1.82) is 0 Å². The van der Waals surface area contributed by atoms with Crippen molar-refractivity contribution in [3.63, 3.8) is 0 Å². The zero-order valence-corrected chi connectivity index (χ0v) is 15.0. The van der Waals surface area contributed by atoms with Crippen LogP contribution in [-0.2, 0) is 12.7 Å². The summed E-state index contributed by atoms with van der Waals surface area (Å²) in [4.78, 5) is 3.52. The second-order valence-corrected chi connectivity index (χ2v) is 7.14. The molecule has 4 rings (SSSR count). The number of hydrogen-bond acceptors (Lipinski definition) is 1. The van der Waals surface area contributed by atoms with E-state index in [1.807, 2.05) is 12.1 Å². The Hall–Kier alpha value is -2.53. The van der Waals surface area contributed by atoms with Crippen LogP contribution in [0.5, 0.6) is 0 Å². The minimum absolute atomic E-state index is 0.578. The van der Waals surface area contributed by atoms with Gasteiger partial charge in [0, 0.05) is 11.3 Å². The molecule has 3 aromatic rings. The van der Waals surface area contributed by atoms with Crippen molar-refractivity contribution in [3.05, 3.63) is 77.9 Å². The van der Waals surface area contributed by atoms with Gasteiger partial charge in [0.25, 0.3) is 0 Å². The Morgan fingerprint density at radius 1 is 0.815 bits per heavy atom. The Bertz CT molecular complexity index is 928. The fourth-order valence-corrected chi connectivity index (χ4v) is 3.77. The smallest absolute Gasteiger partial charge is 0.360 e. The van der Waals surface area contributed by atoms with Gasteiger partial charge in [-0.15, -0.1) is 0 Å². The Balaban J connectivity index is 1.40. The number of anilines is 1. The van der Waals surface area contributed by atoms with Crippen LogP contribution in [0.25, 0.3) is 10.8 Å². The minimum atomic E-state index is -4.29. The Kier molecular flexibility index (Phi) is 4.79.